The van der Waals surface area contributed by atoms with E-state index in [4.69, 9.17) is 14.2 Å². The van der Waals surface area contributed by atoms with Crippen LogP contribution >= 0.6 is 0 Å². The zero-order valence-electron chi connectivity index (χ0n) is 11.1. The molecule has 0 fully saturated rings. The minimum atomic E-state index is -0.873. The SMILES string of the molecule is COc1cccnc1C(O)c1ccc2c(c1)OCCO2. The van der Waals surface area contributed by atoms with Crippen LogP contribution in [0.3, 0.4) is 0 Å². The highest BCUT2D eigenvalue weighted by Gasteiger charge is 2.20. The number of ether oxygens (including phenoxy) is 3. The number of hydrogen-bond acceptors (Lipinski definition) is 5. The lowest BCUT2D eigenvalue weighted by molar-refractivity contribution is 0.169. The van der Waals surface area contributed by atoms with Crippen LogP contribution in [0, 0.1) is 0 Å². The number of benzene rings is 1. The fourth-order valence-electron chi connectivity index (χ4n) is 2.17. The van der Waals surface area contributed by atoms with E-state index in [1.807, 2.05) is 0 Å². The predicted molar refractivity (Wildman–Crippen MR) is 72.3 cm³/mol. The van der Waals surface area contributed by atoms with E-state index >= 15 is 0 Å². The van der Waals surface area contributed by atoms with Crippen LogP contribution in [0.15, 0.2) is 36.5 Å². The Labute approximate surface area is 116 Å². The minimum absolute atomic E-state index is 0.478. The number of nitrogens with zero attached hydrogens (tertiary/aromatic N) is 1. The number of methoxy groups -OCH3 is 1. The van der Waals surface area contributed by atoms with Crippen molar-refractivity contribution in [3.8, 4) is 17.2 Å². The summed E-state index contributed by atoms with van der Waals surface area (Å²) in [6.45, 7) is 1.06. The predicted octanol–water partition coefficient (Wildman–Crippen LogP) is 1.94. The number of aliphatic hydroxyl groups excluding tert-OH is 1. The van der Waals surface area contributed by atoms with Gasteiger partial charge in [-0.2, -0.15) is 0 Å². The van der Waals surface area contributed by atoms with Crippen molar-refractivity contribution in [1.82, 2.24) is 4.98 Å². The highest BCUT2D eigenvalue weighted by molar-refractivity contribution is 5.46. The van der Waals surface area contributed by atoms with E-state index in [0.717, 1.165) is 0 Å². The first-order valence-electron chi connectivity index (χ1n) is 6.36. The molecule has 2 aromatic rings. The van der Waals surface area contributed by atoms with Gasteiger partial charge in [0.2, 0.25) is 0 Å². The quantitative estimate of drug-likeness (QED) is 0.926. The second kappa shape index (κ2) is 5.38. The van der Waals surface area contributed by atoms with Crippen LogP contribution in [0.5, 0.6) is 17.2 Å². The van der Waals surface area contributed by atoms with Crippen molar-refractivity contribution in [2.75, 3.05) is 20.3 Å². The van der Waals surface area contributed by atoms with Gasteiger partial charge >= 0.3 is 0 Å². The first kappa shape index (κ1) is 12.7. The van der Waals surface area contributed by atoms with Gasteiger partial charge in [0, 0.05) is 6.20 Å². The highest BCUT2D eigenvalue weighted by Crippen LogP contribution is 2.35. The summed E-state index contributed by atoms with van der Waals surface area (Å²) >= 11 is 0. The number of hydrogen-bond donors (Lipinski definition) is 1. The molecule has 3 rings (SSSR count). The summed E-state index contributed by atoms with van der Waals surface area (Å²) in [7, 11) is 1.55. The van der Waals surface area contributed by atoms with Crippen LogP contribution in [0.4, 0.5) is 0 Å². The van der Waals surface area contributed by atoms with Crippen LogP contribution in [0.2, 0.25) is 0 Å². The fourth-order valence-corrected chi connectivity index (χ4v) is 2.17. The van der Waals surface area contributed by atoms with Gasteiger partial charge in [0.05, 0.1) is 7.11 Å². The maximum absolute atomic E-state index is 10.5. The zero-order valence-corrected chi connectivity index (χ0v) is 11.1. The Morgan fingerprint density at radius 1 is 1.20 bits per heavy atom. The van der Waals surface area contributed by atoms with Gasteiger partial charge in [0.1, 0.15) is 30.8 Å². The highest BCUT2D eigenvalue weighted by atomic mass is 16.6. The van der Waals surface area contributed by atoms with Gasteiger partial charge in [-0.3, -0.25) is 4.98 Å². The molecule has 0 saturated heterocycles. The number of pyridine rings is 1. The maximum Gasteiger partial charge on any atom is 0.161 e. The molecule has 1 aliphatic heterocycles. The monoisotopic (exact) mass is 273 g/mol. The van der Waals surface area contributed by atoms with Gasteiger partial charge in [-0.15, -0.1) is 0 Å². The van der Waals surface area contributed by atoms with E-state index in [-0.39, 0.29) is 0 Å². The molecule has 1 aromatic heterocycles. The molecule has 1 N–H and O–H groups in total. The molecule has 1 unspecified atom stereocenters. The fraction of sp³-hybridized carbons (Fsp3) is 0.267. The van der Waals surface area contributed by atoms with Crippen molar-refractivity contribution in [3.05, 3.63) is 47.8 Å². The summed E-state index contributed by atoms with van der Waals surface area (Å²) in [4.78, 5) is 4.19. The molecule has 1 atom stereocenters. The average Bonchev–Trinajstić information content (AvgIpc) is 2.53. The molecule has 1 aromatic carbocycles. The molecular weight excluding hydrogens is 258 g/mol. The zero-order chi connectivity index (χ0) is 13.9. The molecule has 0 saturated carbocycles. The van der Waals surface area contributed by atoms with Gasteiger partial charge in [0.25, 0.3) is 0 Å². The van der Waals surface area contributed by atoms with Crippen LogP contribution in [-0.2, 0) is 0 Å². The Hall–Kier alpha value is -2.27. The summed E-state index contributed by atoms with van der Waals surface area (Å²) in [5, 5.41) is 10.5. The van der Waals surface area contributed by atoms with E-state index in [1.54, 1.807) is 43.6 Å². The molecule has 0 spiro atoms. The molecular formula is C15H15NO4. The lowest BCUT2D eigenvalue weighted by Crippen LogP contribution is -2.15. The number of fused-ring (bicyclic) bond motifs is 1. The van der Waals surface area contributed by atoms with Gasteiger partial charge < -0.3 is 19.3 Å². The minimum Gasteiger partial charge on any atom is -0.495 e. The van der Waals surface area contributed by atoms with E-state index in [9.17, 15) is 5.11 Å². The Morgan fingerprint density at radius 3 is 2.80 bits per heavy atom. The van der Waals surface area contributed by atoms with E-state index < -0.39 is 6.10 Å². The Balaban J connectivity index is 1.96. The molecule has 104 valence electrons. The first-order valence-corrected chi connectivity index (χ1v) is 6.36. The van der Waals surface area contributed by atoms with E-state index in [1.165, 1.54) is 0 Å². The average molecular weight is 273 g/mol. The molecule has 0 amide bonds. The van der Waals surface area contributed by atoms with Crippen LogP contribution in [0.25, 0.3) is 0 Å². The van der Waals surface area contributed by atoms with Crippen LogP contribution in [0.1, 0.15) is 17.4 Å². The summed E-state index contributed by atoms with van der Waals surface area (Å²) in [6, 6.07) is 8.89. The number of rotatable bonds is 3. The molecule has 0 radical (unpaired) electrons. The molecule has 2 heterocycles. The molecule has 5 nitrogen and oxygen atoms in total. The second-order valence-electron chi connectivity index (χ2n) is 4.40. The smallest absolute Gasteiger partial charge is 0.161 e. The normalized spacial score (nSPS) is 14.7. The third-order valence-electron chi connectivity index (χ3n) is 3.16. The van der Waals surface area contributed by atoms with Crippen molar-refractivity contribution in [2.45, 2.75) is 6.10 Å². The third kappa shape index (κ3) is 2.28. The Kier molecular flexibility index (Phi) is 3.43. The third-order valence-corrected chi connectivity index (χ3v) is 3.16. The van der Waals surface area contributed by atoms with Crippen molar-refractivity contribution in [3.63, 3.8) is 0 Å². The van der Waals surface area contributed by atoms with E-state index in [0.29, 0.717) is 41.7 Å². The Bertz CT molecular complexity index is 615. The van der Waals surface area contributed by atoms with Gasteiger partial charge in [0.15, 0.2) is 11.5 Å². The van der Waals surface area contributed by atoms with Crippen molar-refractivity contribution < 1.29 is 19.3 Å². The molecule has 5 heteroatoms. The largest absolute Gasteiger partial charge is 0.495 e. The van der Waals surface area contributed by atoms with Crippen molar-refractivity contribution in [2.24, 2.45) is 0 Å². The lowest BCUT2D eigenvalue weighted by Gasteiger charge is -2.20. The maximum atomic E-state index is 10.5. The van der Waals surface area contributed by atoms with Crippen molar-refractivity contribution in [1.29, 1.82) is 0 Å². The van der Waals surface area contributed by atoms with Gasteiger partial charge in [-0.25, -0.2) is 0 Å². The Morgan fingerprint density at radius 2 is 2.00 bits per heavy atom. The van der Waals surface area contributed by atoms with Crippen LogP contribution in [-0.4, -0.2) is 30.4 Å². The molecule has 0 aliphatic carbocycles. The summed E-state index contributed by atoms with van der Waals surface area (Å²) < 4.78 is 16.2. The van der Waals surface area contributed by atoms with Gasteiger partial charge in [-0.1, -0.05) is 6.07 Å². The second-order valence-corrected chi connectivity index (χ2v) is 4.40. The molecule has 1 aliphatic rings. The molecule has 20 heavy (non-hydrogen) atoms. The summed E-state index contributed by atoms with van der Waals surface area (Å²) in [5.41, 5.74) is 1.16. The van der Waals surface area contributed by atoms with Crippen LogP contribution < -0.4 is 14.2 Å². The topological polar surface area (TPSA) is 60.8 Å². The molecule has 0 bridgehead atoms. The summed E-state index contributed by atoms with van der Waals surface area (Å²) in [6.07, 6.45) is 0.751. The van der Waals surface area contributed by atoms with E-state index in [2.05, 4.69) is 4.98 Å². The lowest BCUT2D eigenvalue weighted by atomic mass is 10.0. The van der Waals surface area contributed by atoms with Crippen molar-refractivity contribution >= 4 is 0 Å². The summed E-state index contributed by atoms with van der Waals surface area (Å²) in [5.74, 6) is 1.89. The standard InChI is InChI=1S/C15H15NO4/c1-18-12-3-2-6-16-14(12)15(17)10-4-5-11-13(9-10)20-8-7-19-11/h2-6,9,15,17H,7-8H2,1H3. The number of aliphatic hydroxyl groups is 1. The van der Waals surface area contributed by atoms with Gasteiger partial charge in [-0.05, 0) is 29.8 Å². The first-order chi connectivity index (χ1) is 9.79. The number of aromatic nitrogens is 1.